The number of methoxy groups -OCH3 is 1. The van der Waals surface area contributed by atoms with Gasteiger partial charge in [-0.3, -0.25) is 0 Å². The Morgan fingerprint density at radius 1 is 1.23 bits per heavy atom. The minimum atomic E-state index is -0.983. The van der Waals surface area contributed by atoms with Crippen molar-refractivity contribution in [1.29, 1.82) is 0 Å². The second kappa shape index (κ2) is 12.0. The first-order valence-corrected chi connectivity index (χ1v) is 11.4. The molecule has 1 fully saturated rings. The largest absolute Gasteiger partial charge is 0.497 e. The second-order valence-electron chi connectivity index (χ2n) is 7.92. The highest BCUT2D eigenvalue weighted by atomic mass is 127. The van der Waals surface area contributed by atoms with Crippen molar-refractivity contribution in [2.24, 2.45) is 4.99 Å². The van der Waals surface area contributed by atoms with E-state index in [0.717, 1.165) is 49.8 Å². The molecular formula is C23H34IN3O3S. The van der Waals surface area contributed by atoms with Crippen LogP contribution in [-0.2, 0) is 15.8 Å². The van der Waals surface area contributed by atoms with Crippen molar-refractivity contribution in [3.8, 4) is 5.75 Å². The Bertz CT molecular complexity index is 804. The Hall–Kier alpha value is -1.36. The molecule has 2 aromatic rings. The number of benzene rings is 1. The third kappa shape index (κ3) is 6.81. The molecule has 1 saturated heterocycles. The van der Waals surface area contributed by atoms with Crippen molar-refractivity contribution in [3.05, 3.63) is 52.2 Å². The lowest BCUT2D eigenvalue weighted by atomic mass is 9.74. The van der Waals surface area contributed by atoms with Crippen LogP contribution in [-0.4, -0.2) is 51.0 Å². The summed E-state index contributed by atoms with van der Waals surface area (Å²) in [6.07, 6.45) is 1.89. The number of nitrogens with one attached hydrogen (secondary N) is 2. The molecule has 3 rings (SSSR count). The molecule has 6 nitrogen and oxygen atoms in total. The van der Waals surface area contributed by atoms with E-state index in [-0.39, 0.29) is 29.4 Å². The zero-order valence-electron chi connectivity index (χ0n) is 18.5. The molecule has 1 aromatic heterocycles. The van der Waals surface area contributed by atoms with Crippen molar-refractivity contribution in [1.82, 2.24) is 10.6 Å². The summed E-state index contributed by atoms with van der Waals surface area (Å²) in [6, 6.07) is 12.2. The highest BCUT2D eigenvalue weighted by Gasteiger charge is 2.35. The van der Waals surface area contributed by atoms with Crippen molar-refractivity contribution in [2.75, 3.05) is 40.0 Å². The molecule has 1 unspecified atom stereocenters. The number of aliphatic imine (C=N–C) groups is 1. The fraction of sp³-hybridized carbons (Fsp3) is 0.522. The summed E-state index contributed by atoms with van der Waals surface area (Å²) in [5.74, 6) is 1.58. The number of ether oxygens (including phenoxy) is 2. The molecule has 1 aromatic carbocycles. The van der Waals surface area contributed by atoms with Gasteiger partial charge in [0.1, 0.15) is 11.4 Å². The third-order valence-electron chi connectivity index (χ3n) is 5.69. The maximum absolute atomic E-state index is 10.8. The molecule has 2 heterocycles. The van der Waals surface area contributed by atoms with Crippen LogP contribution in [0, 0.1) is 0 Å². The summed E-state index contributed by atoms with van der Waals surface area (Å²) in [5.41, 5.74) is 0.264. The minimum absolute atomic E-state index is 0. The number of halogens is 1. The number of hydrogen-bond acceptors (Lipinski definition) is 5. The number of guanidine groups is 1. The van der Waals surface area contributed by atoms with Gasteiger partial charge >= 0.3 is 0 Å². The van der Waals surface area contributed by atoms with Gasteiger partial charge in [-0.1, -0.05) is 18.2 Å². The number of aliphatic hydroxyl groups is 1. The SMILES string of the molecule is CCNC(=NCC(C)(O)c1cccs1)NCC1(c2ccc(OC)cc2)CCOCC1.I. The molecule has 31 heavy (non-hydrogen) atoms. The summed E-state index contributed by atoms with van der Waals surface area (Å²) in [4.78, 5) is 5.60. The van der Waals surface area contributed by atoms with Gasteiger partial charge in [-0.05, 0) is 55.8 Å². The summed E-state index contributed by atoms with van der Waals surface area (Å²) in [7, 11) is 1.69. The van der Waals surface area contributed by atoms with E-state index in [0.29, 0.717) is 12.5 Å². The van der Waals surface area contributed by atoms with Crippen molar-refractivity contribution >= 4 is 41.3 Å². The quantitative estimate of drug-likeness (QED) is 0.260. The molecule has 1 atom stereocenters. The molecule has 0 spiro atoms. The van der Waals surface area contributed by atoms with E-state index in [1.165, 1.54) is 5.56 Å². The van der Waals surface area contributed by atoms with Gasteiger partial charge in [0, 0.05) is 36.6 Å². The number of nitrogens with zero attached hydrogens (tertiary/aromatic N) is 1. The molecule has 0 saturated carbocycles. The first-order valence-electron chi connectivity index (χ1n) is 10.5. The minimum Gasteiger partial charge on any atom is -0.497 e. The smallest absolute Gasteiger partial charge is 0.191 e. The lowest BCUT2D eigenvalue weighted by Crippen LogP contribution is -2.48. The fourth-order valence-corrected chi connectivity index (χ4v) is 4.54. The van der Waals surface area contributed by atoms with Crippen LogP contribution >= 0.6 is 35.3 Å². The first kappa shape index (κ1) is 25.9. The normalized spacial score (nSPS) is 17.9. The highest BCUT2D eigenvalue weighted by Crippen LogP contribution is 2.35. The monoisotopic (exact) mass is 559 g/mol. The van der Waals surface area contributed by atoms with Crippen LogP contribution in [0.3, 0.4) is 0 Å². The van der Waals surface area contributed by atoms with Gasteiger partial charge in [0.2, 0.25) is 0 Å². The number of hydrogen-bond donors (Lipinski definition) is 3. The van der Waals surface area contributed by atoms with Gasteiger partial charge in [-0.25, -0.2) is 4.99 Å². The molecule has 1 aliphatic heterocycles. The third-order valence-corrected chi connectivity index (χ3v) is 6.81. The average Bonchev–Trinajstić information content (AvgIpc) is 3.32. The standard InChI is InChI=1S/C23H33N3O3S.HI/c1-4-24-21(25-16-22(2,27)20-6-5-15-30-20)26-17-23(11-13-29-14-12-23)18-7-9-19(28-3)10-8-18;/h5-10,15,27H,4,11-14,16-17H2,1-3H3,(H2,24,25,26);1H. The second-order valence-corrected chi connectivity index (χ2v) is 8.87. The summed E-state index contributed by atoms with van der Waals surface area (Å²) in [6.45, 7) is 7.14. The Kier molecular flexibility index (Phi) is 10.1. The van der Waals surface area contributed by atoms with Crippen molar-refractivity contribution < 1.29 is 14.6 Å². The van der Waals surface area contributed by atoms with Crippen molar-refractivity contribution in [3.63, 3.8) is 0 Å². The van der Waals surface area contributed by atoms with E-state index < -0.39 is 5.60 Å². The highest BCUT2D eigenvalue weighted by molar-refractivity contribution is 14.0. The predicted molar refractivity (Wildman–Crippen MR) is 138 cm³/mol. The van der Waals surface area contributed by atoms with Crippen LogP contribution in [0.4, 0.5) is 0 Å². The van der Waals surface area contributed by atoms with Crippen LogP contribution in [0.2, 0.25) is 0 Å². The zero-order chi connectivity index (χ0) is 21.5. The molecule has 172 valence electrons. The van der Waals surface area contributed by atoms with Gasteiger partial charge in [-0.15, -0.1) is 35.3 Å². The molecule has 0 radical (unpaired) electrons. The molecule has 1 aliphatic rings. The first-order chi connectivity index (χ1) is 14.5. The van der Waals surface area contributed by atoms with Gasteiger partial charge < -0.3 is 25.2 Å². The molecule has 0 amide bonds. The summed E-state index contributed by atoms with van der Waals surface area (Å²) < 4.78 is 11.0. The average molecular weight is 560 g/mol. The molecular weight excluding hydrogens is 525 g/mol. The van der Waals surface area contributed by atoms with Gasteiger partial charge in [0.05, 0.1) is 13.7 Å². The van der Waals surface area contributed by atoms with Crippen molar-refractivity contribution in [2.45, 2.75) is 37.7 Å². The number of rotatable bonds is 8. The van der Waals surface area contributed by atoms with E-state index in [4.69, 9.17) is 9.47 Å². The Balaban J connectivity index is 0.00000341. The maximum Gasteiger partial charge on any atom is 0.191 e. The van der Waals surface area contributed by atoms with Crippen LogP contribution < -0.4 is 15.4 Å². The lowest BCUT2D eigenvalue weighted by molar-refractivity contribution is 0.0513. The topological polar surface area (TPSA) is 75.1 Å². The number of thiophene rings is 1. The van der Waals surface area contributed by atoms with Crippen LogP contribution in [0.5, 0.6) is 5.75 Å². The van der Waals surface area contributed by atoms with E-state index in [2.05, 4.69) is 27.8 Å². The van der Waals surface area contributed by atoms with Crippen LogP contribution in [0.25, 0.3) is 0 Å². The lowest BCUT2D eigenvalue weighted by Gasteiger charge is -2.38. The molecule has 8 heteroatoms. The zero-order valence-corrected chi connectivity index (χ0v) is 21.7. The van der Waals surface area contributed by atoms with E-state index >= 15 is 0 Å². The Morgan fingerprint density at radius 3 is 2.52 bits per heavy atom. The molecule has 3 N–H and O–H groups in total. The maximum atomic E-state index is 10.8. The van der Waals surface area contributed by atoms with Crippen LogP contribution in [0.15, 0.2) is 46.8 Å². The Labute approximate surface area is 206 Å². The van der Waals surface area contributed by atoms with Gasteiger partial charge in [0.25, 0.3) is 0 Å². The Morgan fingerprint density at radius 2 is 1.94 bits per heavy atom. The predicted octanol–water partition coefficient (Wildman–Crippen LogP) is 3.89. The van der Waals surface area contributed by atoms with E-state index in [1.54, 1.807) is 18.4 Å². The summed E-state index contributed by atoms with van der Waals surface area (Å²) >= 11 is 1.55. The van der Waals surface area contributed by atoms with E-state index in [1.807, 2.05) is 43.5 Å². The van der Waals surface area contributed by atoms with Gasteiger partial charge in [0.15, 0.2) is 5.96 Å². The van der Waals surface area contributed by atoms with E-state index in [9.17, 15) is 5.11 Å². The molecule has 0 bridgehead atoms. The summed E-state index contributed by atoms with van der Waals surface area (Å²) in [5, 5.41) is 19.6. The molecule has 0 aliphatic carbocycles. The van der Waals surface area contributed by atoms with Gasteiger partial charge in [-0.2, -0.15) is 0 Å². The van der Waals surface area contributed by atoms with Crippen LogP contribution in [0.1, 0.15) is 37.1 Å². The fourth-order valence-electron chi connectivity index (χ4n) is 3.76.